The molecule has 0 amide bonds. The molecule has 0 aromatic heterocycles. The molecular formula is C15H21NO3. The van der Waals surface area contributed by atoms with Crippen LogP contribution in [0.5, 0.6) is 0 Å². The average Bonchev–Trinajstić information content (AvgIpc) is 2.30. The summed E-state index contributed by atoms with van der Waals surface area (Å²) in [6.07, 6.45) is 0.504. The molecule has 1 heterocycles. The van der Waals surface area contributed by atoms with Crippen LogP contribution in [0.25, 0.3) is 0 Å². The van der Waals surface area contributed by atoms with Crippen molar-refractivity contribution in [2.24, 2.45) is 0 Å². The van der Waals surface area contributed by atoms with Crippen molar-refractivity contribution in [3.8, 4) is 0 Å². The van der Waals surface area contributed by atoms with Gasteiger partial charge in [-0.25, -0.2) is 4.79 Å². The van der Waals surface area contributed by atoms with Crippen LogP contribution in [0.1, 0.15) is 35.3 Å². The minimum absolute atomic E-state index is 0.252. The number of carboxylic acids is 1. The van der Waals surface area contributed by atoms with Crippen molar-refractivity contribution in [2.45, 2.75) is 39.5 Å². The van der Waals surface area contributed by atoms with Crippen molar-refractivity contribution in [3.63, 3.8) is 0 Å². The largest absolute Gasteiger partial charge is 0.478 e. The lowest BCUT2D eigenvalue weighted by molar-refractivity contribution is -0.0705. The lowest BCUT2D eigenvalue weighted by Crippen LogP contribution is -2.44. The van der Waals surface area contributed by atoms with Crippen molar-refractivity contribution >= 4 is 5.97 Å². The zero-order chi connectivity index (χ0) is 14.0. The van der Waals surface area contributed by atoms with E-state index in [1.165, 1.54) is 5.56 Å². The molecule has 1 saturated heterocycles. The fourth-order valence-electron chi connectivity index (χ4n) is 2.66. The number of rotatable bonds is 3. The van der Waals surface area contributed by atoms with E-state index in [0.29, 0.717) is 5.56 Å². The molecule has 4 heteroatoms. The van der Waals surface area contributed by atoms with E-state index in [-0.39, 0.29) is 12.2 Å². The summed E-state index contributed by atoms with van der Waals surface area (Å²) in [5.74, 6) is -0.872. The van der Waals surface area contributed by atoms with E-state index in [2.05, 4.69) is 18.7 Å². The van der Waals surface area contributed by atoms with E-state index >= 15 is 0 Å². The third kappa shape index (κ3) is 3.55. The SMILES string of the molecule is Cc1cc(C(=O)O)ccc1CN1CC(C)OC(C)C1. The quantitative estimate of drug-likeness (QED) is 0.909. The van der Waals surface area contributed by atoms with E-state index in [0.717, 1.165) is 25.2 Å². The molecule has 1 fully saturated rings. The van der Waals surface area contributed by atoms with Crippen molar-refractivity contribution in [3.05, 3.63) is 34.9 Å². The van der Waals surface area contributed by atoms with Gasteiger partial charge >= 0.3 is 5.97 Å². The maximum absolute atomic E-state index is 10.9. The van der Waals surface area contributed by atoms with Crippen LogP contribution in [0.3, 0.4) is 0 Å². The normalized spacial score (nSPS) is 24.4. The zero-order valence-electron chi connectivity index (χ0n) is 11.7. The lowest BCUT2D eigenvalue weighted by atomic mass is 10.0. The molecule has 2 unspecified atom stereocenters. The second kappa shape index (κ2) is 5.72. The molecule has 104 valence electrons. The molecule has 1 aliphatic rings. The number of carboxylic acid groups (broad SMARTS) is 1. The van der Waals surface area contributed by atoms with E-state index in [4.69, 9.17) is 9.84 Å². The molecule has 19 heavy (non-hydrogen) atoms. The number of morpholine rings is 1. The molecule has 0 spiro atoms. The fourth-order valence-corrected chi connectivity index (χ4v) is 2.66. The Balaban J connectivity index is 2.08. The van der Waals surface area contributed by atoms with Crippen LogP contribution < -0.4 is 0 Å². The lowest BCUT2D eigenvalue weighted by Gasteiger charge is -2.35. The summed E-state index contributed by atoms with van der Waals surface area (Å²) in [5, 5.41) is 8.96. The Bertz CT molecular complexity index is 462. The van der Waals surface area contributed by atoms with Gasteiger partial charge in [0.25, 0.3) is 0 Å². The average molecular weight is 263 g/mol. The number of nitrogens with zero attached hydrogens (tertiary/aromatic N) is 1. The monoisotopic (exact) mass is 263 g/mol. The molecule has 0 radical (unpaired) electrons. The highest BCUT2D eigenvalue weighted by Gasteiger charge is 2.22. The molecule has 1 aromatic rings. The third-order valence-electron chi connectivity index (χ3n) is 3.48. The molecule has 2 rings (SSSR count). The molecule has 2 atom stereocenters. The van der Waals surface area contributed by atoms with Crippen LogP contribution in [0.4, 0.5) is 0 Å². The minimum atomic E-state index is -0.872. The topological polar surface area (TPSA) is 49.8 Å². The van der Waals surface area contributed by atoms with Crippen LogP contribution in [0.2, 0.25) is 0 Å². The molecule has 0 aliphatic carbocycles. The van der Waals surface area contributed by atoms with E-state index < -0.39 is 5.97 Å². The van der Waals surface area contributed by atoms with Gasteiger partial charge in [-0.3, -0.25) is 4.90 Å². The maximum atomic E-state index is 10.9. The van der Waals surface area contributed by atoms with Gasteiger partial charge in [-0.2, -0.15) is 0 Å². The van der Waals surface area contributed by atoms with Gasteiger partial charge in [0.15, 0.2) is 0 Å². The first-order valence-corrected chi connectivity index (χ1v) is 6.66. The summed E-state index contributed by atoms with van der Waals surface area (Å²) in [6, 6.07) is 5.34. The third-order valence-corrected chi connectivity index (χ3v) is 3.48. The summed E-state index contributed by atoms with van der Waals surface area (Å²) in [5.41, 5.74) is 2.57. The van der Waals surface area contributed by atoms with Gasteiger partial charge in [0.05, 0.1) is 17.8 Å². The van der Waals surface area contributed by atoms with Crippen molar-refractivity contribution in [1.29, 1.82) is 0 Å². The second-order valence-corrected chi connectivity index (χ2v) is 5.40. The summed E-state index contributed by atoms with van der Waals surface area (Å²) in [6.45, 7) is 8.83. The minimum Gasteiger partial charge on any atom is -0.478 e. The number of hydrogen-bond donors (Lipinski definition) is 1. The number of aryl methyl sites for hydroxylation is 1. The second-order valence-electron chi connectivity index (χ2n) is 5.40. The number of benzene rings is 1. The Hall–Kier alpha value is -1.39. The molecule has 1 aliphatic heterocycles. The molecule has 4 nitrogen and oxygen atoms in total. The number of carbonyl (C=O) groups is 1. The first kappa shape index (κ1) is 14.0. The zero-order valence-corrected chi connectivity index (χ0v) is 11.7. The van der Waals surface area contributed by atoms with Gasteiger partial charge in [0.1, 0.15) is 0 Å². The van der Waals surface area contributed by atoms with Gasteiger partial charge < -0.3 is 9.84 Å². The summed E-state index contributed by atoms with van der Waals surface area (Å²) < 4.78 is 5.72. The number of hydrogen-bond acceptors (Lipinski definition) is 3. The molecule has 1 aromatic carbocycles. The highest BCUT2D eigenvalue weighted by Crippen LogP contribution is 2.17. The van der Waals surface area contributed by atoms with Crippen LogP contribution in [0.15, 0.2) is 18.2 Å². The fraction of sp³-hybridized carbons (Fsp3) is 0.533. The van der Waals surface area contributed by atoms with E-state index in [1.807, 2.05) is 13.0 Å². The Kier molecular flexibility index (Phi) is 4.22. The molecule has 0 saturated carbocycles. The standard InChI is InChI=1S/C15H21NO3/c1-10-6-13(15(17)18)4-5-14(10)9-16-7-11(2)19-12(3)8-16/h4-6,11-12H,7-9H2,1-3H3,(H,17,18). The highest BCUT2D eigenvalue weighted by atomic mass is 16.5. The Morgan fingerprint density at radius 3 is 2.53 bits per heavy atom. The predicted octanol–water partition coefficient (Wildman–Crippen LogP) is 2.30. The maximum Gasteiger partial charge on any atom is 0.335 e. The van der Waals surface area contributed by atoms with Crippen molar-refractivity contribution in [1.82, 2.24) is 4.90 Å². The van der Waals surface area contributed by atoms with Gasteiger partial charge in [-0.1, -0.05) is 6.07 Å². The summed E-state index contributed by atoms with van der Waals surface area (Å²) in [7, 11) is 0. The smallest absolute Gasteiger partial charge is 0.335 e. The van der Waals surface area contributed by atoms with E-state index in [9.17, 15) is 4.79 Å². The number of aromatic carboxylic acids is 1. The van der Waals surface area contributed by atoms with Gasteiger partial charge in [0, 0.05) is 19.6 Å². The van der Waals surface area contributed by atoms with Crippen molar-refractivity contribution < 1.29 is 14.6 Å². The molecular weight excluding hydrogens is 242 g/mol. The summed E-state index contributed by atoms with van der Waals surface area (Å²) >= 11 is 0. The first-order chi connectivity index (χ1) is 8.95. The van der Waals surface area contributed by atoms with E-state index in [1.54, 1.807) is 12.1 Å². The Labute approximate surface area is 114 Å². The molecule has 1 N–H and O–H groups in total. The Morgan fingerprint density at radius 1 is 1.37 bits per heavy atom. The highest BCUT2D eigenvalue weighted by molar-refractivity contribution is 5.87. The van der Waals surface area contributed by atoms with Crippen LogP contribution in [-0.4, -0.2) is 41.3 Å². The van der Waals surface area contributed by atoms with Gasteiger partial charge in [-0.05, 0) is 44.0 Å². The number of ether oxygens (including phenoxy) is 1. The van der Waals surface area contributed by atoms with Crippen LogP contribution >= 0.6 is 0 Å². The first-order valence-electron chi connectivity index (χ1n) is 6.66. The van der Waals surface area contributed by atoms with Crippen LogP contribution in [-0.2, 0) is 11.3 Å². The Morgan fingerprint density at radius 2 is 2.00 bits per heavy atom. The van der Waals surface area contributed by atoms with Gasteiger partial charge in [-0.15, -0.1) is 0 Å². The predicted molar refractivity (Wildman–Crippen MR) is 73.4 cm³/mol. The van der Waals surface area contributed by atoms with Crippen LogP contribution in [0, 0.1) is 6.92 Å². The molecule has 0 bridgehead atoms. The van der Waals surface area contributed by atoms with Gasteiger partial charge in [0.2, 0.25) is 0 Å². The van der Waals surface area contributed by atoms with Crippen molar-refractivity contribution in [2.75, 3.05) is 13.1 Å². The summed E-state index contributed by atoms with van der Waals surface area (Å²) in [4.78, 5) is 13.3.